The molecule has 188 valence electrons. The van der Waals surface area contributed by atoms with Gasteiger partial charge in [-0.15, -0.1) is 11.6 Å². The van der Waals surface area contributed by atoms with Gasteiger partial charge in [0.05, 0.1) is 35.6 Å². The molecule has 32 heavy (non-hydrogen) atoms. The van der Waals surface area contributed by atoms with Gasteiger partial charge < -0.3 is 20.9 Å². The number of piperidine rings is 1. The van der Waals surface area contributed by atoms with E-state index in [1.807, 2.05) is 0 Å². The van der Waals surface area contributed by atoms with E-state index in [0.717, 1.165) is 0 Å². The number of hydrogen-bond acceptors (Lipinski definition) is 6. The first kappa shape index (κ1) is 26.2. The molecule has 2 aliphatic heterocycles. The lowest BCUT2D eigenvalue weighted by Crippen LogP contribution is -2.68. The number of nitrogens with two attached hydrogens (primary N) is 1. The van der Waals surface area contributed by atoms with Crippen molar-refractivity contribution in [1.29, 1.82) is 0 Å². The molecule has 2 saturated heterocycles. The second-order valence-corrected chi connectivity index (χ2v) is 9.90. The summed E-state index contributed by atoms with van der Waals surface area (Å²) in [5.41, 5.74) is 3.82. The van der Waals surface area contributed by atoms with Crippen molar-refractivity contribution in [2.45, 2.75) is 86.3 Å². The Morgan fingerprint density at radius 1 is 1.25 bits per heavy atom. The molecule has 1 saturated carbocycles. The second-order valence-electron chi connectivity index (χ2n) is 9.34. The number of hydrogen-bond donors (Lipinski definition) is 5. The molecular weight excluding hydrogens is 466 g/mol. The average Bonchev–Trinajstić information content (AvgIpc) is 2.77. The molecule has 6 N–H and O–H groups in total. The molecule has 9 atom stereocenters. The maximum atomic E-state index is 14.9. The minimum Gasteiger partial charge on any atom is -0.377 e. The summed E-state index contributed by atoms with van der Waals surface area (Å²) in [7, 11) is 0. The summed E-state index contributed by atoms with van der Waals surface area (Å²) >= 11 is 6.10. The van der Waals surface area contributed by atoms with Crippen molar-refractivity contribution in [1.82, 2.24) is 16.0 Å². The van der Waals surface area contributed by atoms with Gasteiger partial charge in [0.1, 0.15) is 19.0 Å². The Morgan fingerprint density at radius 3 is 2.56 bits per heavy atom. The zero-order chi connectivity index (χ0) is 23.9. The summed E-state index contributed by atoms with van der Waals surface area (Å²) in [6.07, 6.45) is -8.28. The number of ether oxygens (including phenoxy) is 1. The first-order valence-corrected chi connectivity index (χ1v) is 11.2. The number of alkyl halides is 7. The predicted molar refractivity (Wildman–Crippen MR) is 106 cm³/mol. The molecule has 3 aliphatic rings. The van der Waals surface area contributed by atoms with Crippen molar-refractivity contribution in [3.8, 4) is 0 Å². The third-order valence-corrected chi connectivity index (χ3v) is 7.49. The smallest absolute Gasteiger partial charge is 0.377 e. The summed E-state index contributed by atoms with van der Waals surface area (Å²) in [6, 6.07) is -1.41. The lowest BCUT2D eigenvalue weighted by Gasteiger charge is -2.48. The fraction of sp³-hybridized carbons (Fsp3) is 1.00. The van der Waals surface area contributed by atoms with Crippen molar-refractivity contribution in [2.75, 3.05) is 19.8 Å². The van der Waals surface area contributed by atoms with Crippen LogP contribution in [0.3, 0.4) is 0 Å². The highest BCUT2D eigenvalue weighted by molar-refractivity contribution is 6.21. The van der Waals surface area contributed by atoms with Crippen LogP contribution < -0.4 is 21.7 Å². The number of aliphatic hydroxyl groups is 1. The van der Waals surface area contributed by atoms with Crippen molar-refractivity contribution in [3.63, 3.8) is 0 Å². The van der Waals surface area contributed by atoms with Gasteiger partial charge in [0.25, 0.3) is 5.92 Å². The maximum absolute atomic E-state index is 14.9. The van der Waals surface area contributed by atoms with Gasteiger partial charge in [-0.05, 0) is 32.6 Å². The van der Waals surface area contributed by atoms with Crippen LogP contribution in [0.1, 0.15) is 32.6 Å². The van der Waals surface area contributed by atoms with Crippen molar-refractivity contribution < 1.29 is 36.2 Å². The van der Waals surface area contributed by atoms with Gasteiger partial charge in [0.15, 0.2) is 0 Å². The summed E-state index contributed by atoms with van der Waals surface area (Å²) in [4.78, 5) is 0. The molecule has 6 nitrogen and oxygen atoms in total. The van der Waals surface area contributed by atoms with E-state index in [1.165, 1.54) is 6.92 Å². The highest BCUT2D eigenvalue weighted by Crippen LogP contribution is 2.44. The van der Waals surface area contributed by atoms with E-state index >= 15 is 0 Å². The lowest BCUT2D eigenvalue weighted by molar-refractivity contribution is -0.181. The van der Waals surface area contributed by atoms with Crippen LogP contribution in [0.2, 0.25) is 0 Å². The molecule has 0 aromatic heterocycles. The van der Waals surface area contributed by atoms with Gasteiger partial charge in [0, 0.05) is 18.5 Å². The first-order valence-electron chi connectivity index (χ1n) is 10.8. The standard InChI is InChI=1S/C19H31ClF6N4O2/c1-17(18(22,23)8-32-7-14(27)30-17)11-5-10(2-3-13(11)21)29-16(31)15-12(20)4-9(6-28-15)19(24,25)26/h9-16,28-31H,2-8,27H2,1H3. The fourth-order valence-electron chi connectivity index (χ4n) is 5.07. The van der Waals surface area contributed by atoms with Crippen LogP contribution in [0.5, 0.6) is 0 Å². The molecule has 2 heterocycles. The third kappa shape index (κ3) is 5.47. The zero-order valence-corrected chi connectivity index (χ0v) is 18.4. The Hall–Kier alpha value is -0.370. The van der Waals surface area contributed by atoms with Crippen LogP contribution in [-0.2, 0) is 4.74 Å². The molecule has 0 aromatic carbocycles. The van der Waals surface area contributed by atoms with Gasteiger partial charge in [-0.3, -0.25) is 10.6 Å². The van der Waals surface area contributed by atoms with E-state index in [1.54, 1.807) is 0 Å². The van der Waals surface area contributed by atoms with Gasteiger partial charge >= 0.3 is 6.18 Å². The van der Waals surface area contributed by atoms with Crippen LogP contribution >= 0.6 is 11.6 Å². The number of nitrogens with one attached hydrogen (secondary N) is 3. The van der Waals surface area contributed by atoms with E-state index in [9.17, 15) is 31.4 Å². The van der Waals surface area contributed by atoms with Gasteiger partial charge in [-0.2, -0.15) is 13.2 Å². The second kappa shape index (κ2) is 9.71. The molecule has 0 radical (unpaired) electrons. The normalized spacial score (nSPS) is 44.6. The molecular formula is C19H31ClF6N4O2. The van der Waals surface area contributed by atoms with Crippen LogP contribution in [-0.4, -0.2) is 78.5 Å². The summed E-state index contributed by atoms with van der Waals surface area (Å²) in [5.74, 6) is -6.14. The van der Waals surface area contributed by atoms with Gasteiger partial charge in [-0.1, -0.05) is 0 Å². The Balaban J connectivity index is 1.66. The van der Waals surface area contributed by atoms with Crippen LogP contribution in [0.15, 0.2) is 0 Å². The van der Waals surface area contributed by atoms with E-state index in [2.05, 4.69) is 16.0 Å². The SMILES string of the molecule is CC1(C2CC(NC(O)C3NCC(C(F)(F)F)CC3Cl)CCC2F)NC(N)COCC1(F)F. The minimum atomic E-state index is -4.40. The van der Waals surface area contributed by atoms with Gasteiger partial charge in [-0.25, -0.2) is 13.2 Å². The Morgan fingerprint density at radius 2 is 1.94 bits per heavy atom. The molecule has 3 rings (SSSR count). The van der Waals surface area contributed by atoms with E-state index in [0.29, 0.717) is 0 Å². The van der Waals surface area contributed by atoms with Crippen molar-refractivity contribution in [3.05, 3.63) is 0 Å². The highest BCUT2D eigenvalue weighted by Gasteiger charge is 2.59. The highest BCUT2D eigenvalue weighted by atomic mass is 35.5. The molecule has 3 fully saturated rings. The summed E-state index contributed by atoms with van der Waals surface area (Å²) in [5, 5.41) is 17.7. The fourth-order valence-corrected chi connectivity index (χ4v) is 5.51. The Labute approximate surface area is 187 Å². The summed E-state index contributed by atoms with van der Waals surface area (Å²) < 4.78 is 88.4. The molecule has 0 aromatic rings. The van der Waals surface area contributed by atoms with Crippen LogP contribution in [0.4, 0.5) is 26.3 Å². The monoisotopic (exact) mass is 496 g/mol. The van der Waals surface area contributed by atoms with Crippen molar-refractivity contribution >= 4 is 11.6 Å². The largest absolute Gasteiger partial charge is 0.393 e. The lowest BCUT2D eigenvalue weighted by atomic mass is 9.69. The number of halogens is 7. The van der Waals surface area contributed by atoms with Gasteiger partial charge in [0.2, 0.25) is 0 Å². The van der Waals surface area contributed by atoms with E-state index in [-0.39, 0.29) is 38.8 Å². The quantitative estimate of drug-likeness (QED) is 0.232. The van der Waals surface area contributed by atoms with Crippen molar-refractivity contribution in [2.24, 2.45) is 17.6 Å². The van der Waals surface area contributed by atoms with Crippen LogP contribution in [0, 0.1) is 11.8 Å². The molecule has 0 spiro atoms. The predicted octanol–water partition coefficient (Wildman–Crippen LogP) is 1.85. The topological polar surface area (TPSA) is 91.6 Å². The van der Waals surface area contributed by atoms with E-state index < -0.39 is 72.1 Å². The zero-order valence-electron chi connectivity index (χ0n) is 17.6. The molecule has 13 heteroatoms. The Kier molecular flexibility index (Phi) is 7.96. The minimum absolute atomic E-state index is 0.0168. The van der Waals surface area contributed by atoms with E-state index in [4.69, 9.17) is 22.1 Å². The number of rotatable bonds is 4. The third-order valence-electron chi connectivity index (χ3n) is 7.04. The summed E-state index contributed by atoms with van der Waals surface area (Å²) in [6.45, 7) is -0.193. The molecule has 9 unspecified atom stereocenters. The first-order chi connectivity index (χ1) is 14.7. The molecule has 0 amide bonds. The molecule has 1 aliphatic carbocycles. The average molecular weight is 497 g/mol. The Bertz CT molecular complexity index is 647. The van der Waals surface area contributed by atoms with Crippen LogP contribution in [0.25, 0.3) is 0 Å². The maximum Gasteiger partial charge on any atom is 0.393 e. The molecule has 0 bridgehead atoms. The number of aliphatic hydroxyl groups excluding tert-OH is 1.